The van der Waals surface area contributed by atoms with Crippen molar-refractivity contribution in [3.63, 3.8) is 0 Å². The number of likely N-dealkylation sites (tertiary alicyclic amines) is 1. The molecule has 2 nitrogen and oxygen atoms in total. The van der Waals surface area contributed by atoms with Gasteiger partial charge in [-0.1, -0.05) is 30.3 Å². The molecule has 1 aliphatic carbocycles. The maximum Gasteiger partial charge on any atom is 0.125 e. The molecule has 4 rings (SSSR count). The molecule has 2 aromatic rings. The predicted molar refractivity (Wildman–Crippen MR) is 120 cm³/mol. The Bertz CT molecular complexity index is 789. The van der Waals surface area contributed by atoms with E-state index in [2.05, 4.69) is 49.1 Å². The standard InChI is InChI=1S/C26H36FN2/c1-3-29(4-2)17-8-7-14-26(29)15-16-28(24-13-9-12-23(27)20-24)25-18-21-10-5-6-11-22(21)19-25/h5-6,9-13,20,25-26H,3-4,7-8,14-19H2,1-2H3/q+1. The first-order valence-corrected chi connectivity index (χ1v) is 11.6. The van der Waals surface area contributed by atoms with Crippen LogP contribution < -0.4 is 4.90 Å². The molecule has 0 saturated carbocycles. The van der Waals surface area contributed by atoms with Crippen LogP contribution in [0.3, 0.4) is 0 Å². The summed E-state index contributed by atoms with van der Waals surface area (Å²) in [5, 5.41) is 0. The predicted octanol–water partition coefficient (Wildman–Crippen LogP) is 5.60. The Labute approximate surface area is 175 Å². The van der Waals surface area contributed by atoms with Gasteiger partial charge in [-0.25, -0.2) is 4.39 Å². The van der Waals surface area contributed by atoms with Gasteiger partial charge in [0.1, 0.15) is 5.82 Å². The van der Waals surface area contributed by atoms with Crippen molar-refractivity contribution >= 4 is 5.69 Å². The van der Waals surface area contributed by atoms with Gasteiger partial charge in [0, 0.05) is 24.7 Å². The molecule has 2 aliphatic rings. The first-order chi connectivity index (χ1) is 14.1. The summed E-state index contributed by atoms with van der Waals surface area (Å²) >= 11 is 0. The van der Waals surface area contributed by atoms with Gasteiger partial charge in [0.25, 0.3) is 0 Å². The molecule has 1 heterocycles. The smallest absolute Gasteiger partial charge is 0.125 e. The largest absolute Gasteiger partial charge is 0.368 e. The number of piperidine rings is 1. The Kier molecular flexibility index (Phi) is 6.24. The average molecular weight is 396 g/mol. The minimum atomic E-state index is -0.132. The van der Waals surface area contributed by atoms with Gasteiger partial charge < -0.3 is 9.38 Å². The number of halogens is 1. The van der Waals surface area contributed by atoms with E-state index in [9.17, 15) is 4.39 Å². The normalized spacial score (nSPS) is 21.1. The van der Waals surface area contributed by atoms with E-state index in [-0.39, 0.29) is 5.82 Å². The van der Waals surface area contributed by atoms with Crippen molar-refractivity contribution in [3.8, 4) is 0 Å². The Morgan fingerprint density at radius 3 is 2.34 bits per heavy atom. The summed E-state index contributed by atoms with van der Waals surface area (Å²) in [4.78, 5) is 2.51. The molecule has 0 spiro atoms. The Hall–Kier alpha value is -1.87. The molecule has 0 amide bonds. The maximum absolute atomic E-state index is 14.1. The van der Waals surface area contributed by atoms with Crippen molar-refractivity contribution in [2.45, 2.75) is 64.5 Å². The molecule has 1 unspecified atom stereocenters. The van der Waals surface area contributed by atoms with E-state index in [1.54, 1.807) is 12.1 Å². The van der Waals surface area contributed by atoms with Crippen molar-refractivity contribution in [1.29, 1.82) is 0 Å². The lowest BCUT2D eigenvalue weighted by atomic mass is 9.94. The molecular formula is C26H36FN2+. The van der Waals surface area contributed by atoms with Gasteiger partial charge in [0.05, 0.1) is 25.7 Å². The zero-order valence-electron chi connectivity index (χ0n) is 18.1. The molecule has 3 heteroatoms. The summed E-state index contributed by atoms with van der Waals surface area (Å²) in [6, 6.07) is 17.2. The monoisotopic (exact) mass is 395 g/mol. The number of benzene rings is 2. The molecular weight excluding hydrogens is 359 g/mol. The molecule has 1 fully saturated rings. The molecule has 0 N–H and O–H groups in total. The number of hydrogen-bond acceptors (Lipinski definition) is 1. The fourth-order valence-electron chi connectivity index (χ4n) is 5.96. The molecule has 1 aliphatic heterocycles. The number of rotatable bonds is 7. The zero-order valence-corrected chi connectivity index (χ0v) is 18.1. The molecule has 0 radical (unpaired) electrons. The van der Waals surface area contributed by atoms with Crippen LogP contribution in [0.5, 0.6) is 0 Å². The summed E-state index contributed by atoms with van der Waals surface area (Å²) in [6.45, 7) is 9.53. The lowest BCUT2D eigenvalue weighted by molar-refractivity contribution is -0.953. The van der Waals surface area contributed by atoms with Crippen LogP contribution in [-0.4, -0.2) is 42.7 Å². The Morgan fingerprint density at radius 1 is 0.966 bits per heavy atom. The molecule has 1 saturated heterocycles. The van der Waals surface area contributed by atoms with Crippen molar-refractivity contribution in [2.24, 2.45) is 0 Å². The zero-order chi connectivity index (χ0) is 20.3. The molecule has 0 bridgehead atoms. The van der Waals surface area contributed by atoms with Crippen LogP contribution in [-0.2, 0) is 12.8 Å². The van der Waals surface area contributed by atoms with Gasteiger partial charge in [-0.3, -0.25) is 0 Å². The summed E-state index contributed by atoms with van der Waals surface area (Å²) in [6.07, 6.45) is 7.40. The van der Waals surface area contributed by atoms with Gasteiger partial charge in [-0.05, 0) is 75.3 Å². The summed E-state index contributed by atoms with van der Waals surface area (Å²) in [7, 11) is 0. The summed E-state index contributed by atoms with van der Waals surface area (Å²) in [5.74, 6) is -0.132. The first-order valence-electron chi connectivity index (χ1n) is 11.6. The van der Waals surface area contributed by atoms with Crippen LogP contribution in [0.25, 0.3) is 0 Å². The fraction of sp³-hybridized carbons (Fsp3) is 0.538. The van der Waals surface area contributed by atoms with E-state index in [0.717, 1.165) is 31.1 Å². The van der Waals surface area contributed by atoms with Crippen LogP contribution in [0.4, 0.5) is 10.1 Å². The van der Waals surface area contributed by atoms with Gasteiger partial charge in [0.15, 0.2) is 0 Å². The lowest BCUT2D eigenvalue weighted by Gasteiger charge is -2.47. The quantitative estimate of drug-likeness (QED) is 0.552. The third-order valence-corrected chi connectivity index (χ3v) is 7.74. The van der Waals surface area contributed by atoms with Crippen molar-refractivity contribution in [1.82, 2.24) is 0 Å². The molecule has 156 valence electrons. The second-order valence-electron chi connectivity index (χ2n) is 9.02. The van der Waals surface area contributed by atoms with Crippen LogP contribution >= 0.6 is 0 Å². The minimum absolute atomic E-state index is 0.132. The number of quaternary nitrogens is 1. The third-order valence-electron chi connectivity index (χ3n) is 7.74. The number of nitrogens with zero attached hydrogens (tertiary/aromatic N) is 2. The lowest BCUT2D eigenvalue weighted by Crippen LogP contribution is -2.58. The van der Waals surface area contributed by atoms with Crippen LogP contribution in [0.1, 0.15) is 50.7 Å². The van der Waals surface area contributed by atoms with Gasteiger partial charge in [-0.15, -0.1) is 0 Å². The van der Waals surface area contributed by atoms with E-state index in [1.165, 1.54) is 60.9 Å². The average Bonchev–Trinajstić information content (AvgIpc) is 3.18. The van der Waals surface area contributed by atoms with Crippen LogP contribution in [0, 0.1) is 5.82 Å². The first kappa shape index (κ1) is 20.4. The summed E-state index contributed by atoms with van der Waals surface area (Å²) in [5.41, 5.74) is 3.97. The van der Waals surface area contributed by atoms with Gasteiger partial charge in [-0.2, -0.15) is 0 Å². The number of fused-ring (bicyclic) bond motifs is 1. The molecule has 2 aromatic carbocycles. The fourth-order valence-corrected chi connectivity index (χ4v) is 5.96. The van der Waals surface area contributed by atoms with E-state index >= 15 is 0 Å². The third kappa shape index (κ3) is 4.21. The highest BCUT2D eigenvalue weighted by Crippen LogP contribution is 2.32. The van der Waals surface area contributed by atoms with Crippen LogP contribution in [0.2, 0.25) is 0 Å². The van der Waals surface area contributed by atoms with Crippen molar-refractivity contribution < 1.29 is 8.87 Å². The van der Waals surface area contributed by atoms with Gasteiger partial charge in [0.2, 0.25) is 0 Å². The van der Waals surface area contributed by atoms with E-state index in [4.69, 9.17) is 0 Å². The van der Waals surface area contributed by atoms with Crippen LogP contribution in [0.15, 0.2) is 48.5 Å². The topological polar surface area (TPSA) is 3.24 Å². The van der Waals surface area contributed by atoms with E-state index in [1.807, 2.05) is 6.07 Å². The Morgan fingerprint density at radius 2 is 1.69 bits per heavy atom. The molecule has 1 atom stereocenters. The summed E-state index contributed by atoms with van der Waals surface area (Å²) < 4.78 is 15.3. The highest BCUT2D eigenvalue weighted by molar-refractivity contribution is 5.50. The minimum Gasteiger partial charge on any atom is -0.368 e. The van der Waals surface area contributed by atoms with E-state index in [0.29, 0.717) is 6.04 Å². The highest BCUT2D eigenvalue weighted by atomic mass is 19.1. The Balaban J connectivity index is 1.55. The maximum atomic E-state index is 14.1. The second-order valence-corrected chi connectivity index (χ2v) is 9.02. The van der Waals surface area contributed by atoms with Crippen molar-refractivity contribution in [2.75, 3.05) is 31.1 Å². The van der Waals surface area contributed by atoms with Gasteiger partial charge >= 0.3 is 0 Å². The van der Waals surface area contributed by atoms with E-state index < -0.39 is 0 Å². The second kappa shape index (κ2) is 8.87. The number of anilines is 1. The molecule has 29 heavy (non-hydrogen) atoms. The van der Waals surface area contributed by atoms with Crippen molar-refractivity contribution in [3.05, 3.63) is 65.5 Å². The highest BCUT2D eigenvalue weighted by Gasteiger charge is 2.37. The SMILES string of the molecule is CC[N+]1(CC)CCCCC1CCN(c1cccc(F)c1)C1Cc2ccccc2C1. The molecule has 0 aromatic heterocycles. The number of hydrogen-bond donors (Lipinski definition) is 0.